The fourth-order valence-corrected chi connectivity index (χ4v) is 1.17. The topological polar surface area (TPSA) is 38.7 Å². The summed E-state index contributed by atoms with van der Waals surface area (Å²) < 4.78 is 4.53. The highest BCUT2D eigenvalue weighted by atomic mass is 35.5. The Bertz CT molecular complexity index is 297. The summed E-state index contributed by atoms with van der Waals surface area (Å²) in [5.41, 5.74) is 0.240. The van der Waals surface area contributed by atoms with Crippen LogP contribution in [0.25, 0.3) is 0 Å². The molecular weight excluding hydrogens is 222 g/mol. The number of carbonyl (C=O) groups excluding carboxylic acids is 1. The molecule has 0 atom stereocenters. The van der Waals surface area contributed by atoms with Crippen LogP contribution in [0.5, 0.6) is 0 Å². The number of esters is 1. The first-order valence-electron chi connectivity index (χ1n) is 3.78. The monoisotopic (exact) mass is 233 g/mol. The van der Waals surface area contributed by atoms with Gasteiger partial charge in [-0.3, -0.25) is 0 Å². The van der Waals surface area contributed by atoms with Gasteiger partial charge in [0.2, 0.25) is 0 Å². The number of allylic oxidation sites excluding steroid dienone is 1. The Morgan fingerprint density at radius 1 is 1.64 bits per heavy atom. The van der Waals surface area contributed by atoms with Crippen LogP contribution in [0, 0.1) is 0 Å². The van der Waals surface area contributed by atoms with Crippen LogP contribution in [0.15, 0.2) is 28.2 Å². The van der Waals surface area contributed by atoms with Crippen LogP contribution in [0.2, 0.25) is 0 Å². The number of hydrogen-bond acceptors (Lipinski definition) is 4. The average Bonchev–Trinajstić information content (AvgIpc) is 2.18. The van der Waals surface area contributed by atoms with Crippen LogP contribution in [-0.2, 0) is 9.53 Å². The number of aliphatic imine (C=N–C) groups is 1. The van der Waals surface area contributed by atoms with Crippen molar-refractivity contribution in [3.63, 3.8) is 0 Å². The van der Waals surface area contributed by atoms with Gasteiger partial charge in [0.05, 0.1) is 17.7 Å². The van der Waals surface area contributed by atoms with Crippen LogP contribution in [-0.4, -0.2) is 24.5 Å². The van der Waals surface area contributed by atoms with Crippen molar-refractivity contribution in [2.24, 2.45) is 4.99 Å². The number of thioether (sulfide) groups is 1. The van der Waals surface area contributed by atoms with E-state index in [0.29, 0.717) is 5.03 Å². The number of ether oxygens (including phenoxy) is 1. The fourth-order valence-electron chi connectivity index (χ4n) is 0.646. The summed E-state index contributed by atoms with van der Waals surface area (Å²) in [5.74, 6) is -0.504. The smallest absolute Gasteiger partial charge is 0.340 e. The van der Waals surface area contributed by atoms with E-state index in [1.165, 1.54) is 18.9 Å². The van der Waals surface area contributed by atoms with Crippen LogP contribution >= 0.6 is 23.4 Å². The second kappa shape index (κ2) is 6.68. The summed E-state index contributed by atoms with van der Waals surface area (Å²) in [7, 11) is 1.29. The van der Waals surface area contributed by atoms with Crippen molar-refractivity contribution in [1.29, 1.82) is 0 Å². The second-order valence-electron chi connectivity index (χ2n) is 2.19. The Kier molecular flexibility index (Phi) is 6.32. The molecule has 78 valence electrons. The van der Waals surface area contributed by atoms with Crippen molar-refractivity contribution in [3.05, 3.63) is 23.3 Å². The minimum Gasteiger partial charge on any atom is -0.465 e. The quantitative estimate of drug-likeness (QED) is 0.426. The van der Waals surface area contributed by atoms with Gasteiger partial charge < -0.3 is 4.74 Å². The van der Waals surface area contributed by atoms with Gasteiger partial charge >= 0.3 is 5.97 Å². The van der Waals surface area contributed by atoms with Crippen LogP contribution in [0.4, 0.5) is 0 Å². The molecule has 5 heteroatoms. The number of halogens is 1. The molecule has 0 radical (unpaired) electrons. The van der Waals surface area contributed by atoms with Gasteiger partial charge in [-0.05, 0) is 13.2 Å². The Hall–Kier alpha value is -0.740. The van der Waals surface area contributed by atoms with Crippen LogP contribution < -0.4 is 0 Å². The molecule has 0 aliphatic carbocycles. The fraction of sp³-hybridized carbons (Fsp3) is 0.333. The van der Waals surface area contributed by atoms with E-state index in [4.69, 9.17) is 11.6 Å². The first kappa shape index (κ1) is 13.3. The Morgan fingerprint density at radius 3 is 2.57 bits per heavy atom. The highest BCUT2D eigenvalue weighted by molar-refractivity contribution is 8.02. The van der Waals surface area contributed by atoms with Gasteiger partial charge in [0, 0.05) is 0 Å². The molecular formula is C9H12ClNO2S. The Morgan fingerprint density at radius 2 is 2.21 bits per heavy atom. The maximum atomic E-state index is 11.2. The standard InChI is InChI=1S/C9H12ClNO2S/c1-5-7(9(12)13-3)8(10)11-6(2)14-4/h5H,2H2,1,3-4H3/b7-5+,11-8+. The van der Waals surface area contributed by atoms with Crippen molar-refractivity contribution in [3.8, 4) is 0 Å². The number of nitrogens with zero attached hydrogens (tertiary/aromatic N) is 1. The van der Waals surface area contributed by atoms with Crippen molar-refractivity contribution < 1.29 is 9.53 Å². The maximum absolute atomic E-state index is 11.2. The first-order chi connectivity index (χ1) is 6.56. The number of carbonyl (C=O) groups is 1. The predicted molar refractivity (Wildman–Crippen MR) is 61.7 cm³/mol. The van der Waals surface area contributed by atoms with Gasteiger partial charge in [-0.1, -0.05) is 24.3 Å². The molecule has 0 aromatic rings. The summed E-state index contributed by atoms with van der Waals surface area (Å²) in [6.45, 7) is 5.31. The lowest BCUT2D eigenvalue weighted by Crippen LogP contribution is -2.10. The molecule has 3 nitrogen and oxygen atoms in total. The summed E-state index contributed by atoms with van der Waals surface area (Å²) in [4.78, 5) is 15.1. The summed E-state index contributed by atoms with van der Waals surface area (Å²) in [5, 5.41) is 0.636. The molecule has 0 saturated heterocycles. The molecule has 0 bridgehead atoms. The largest absolute Gasteiger partial charge is 0.465 e. The number of methoxy groups -OCH3 is 1. The molecule has 0 rings (SSSR count). The van der Waals surface area contributed by atoms with Gasteiger partial charge in [0.25, 0.3) is 0 Å². The van der Waals surface area contributed by atoms with Crippen molar-refractivity contribution in [2.75, 3.05) is 13.4 Å². The van der Waals surface area contributed by atoms with E-state index in [1.54, 1.807) is 13.0 Å². The van der Waals surface area contributed by atoms with Crippen LogP contribution in [0.3, 0.4) is 0 Å². The molecule has 0 aliphatic rings. The molecule has 0 aliphatic heterocycles. The highest BCUT2D eigenvalue weighted by Gasteiger charge is 2.13. The molecule has 14 heavy (non-hydrogen) atoms. The van der Waals surface area contributed by atoms with Gasteiger partial charge in [-0.25, -0.2) is 9.79 Å². The van der Waals surface area contributed by atoms with E-state index in [2.05, 4.69) is 16.3 Å². The zero-order valence-electron chi connectivity index (χ0n) is 8.33. The van der Waals surface area contributed by atoms with Crippen molar-refractivity contribution in [1.82, 2.24) is 0 Å². The normalized spacial score (nSPS) is 12.6. The van der Waals surface area contributed by atoms with Gasteiger partial charge in [0.15, 0.2) is 0 Å². The van der Waals surface area contributed by atoms with E-state index in [1.807, 2.05) is 6.26 Å². The molecule has 0 heterocycles. The molecule has 0 fully saturated rings. The van der Waals surface area contributed by atoms with Crippen molar-refractivity contribution >= 4 is 34.5 Å². The SMILES string of the molecule is C=C(/N=C(Cl)\C(=C/C)C(=O)OC)SC. The summed E-state index contributed by atoms with van der Waals surface area (Å²) in [6.07, 6.45) is 3.37. The zero-order chi connectivity index (χ0) is 11.1. The Balaban J connectivity index is 4.81. The number of rotatable bonds is 4. The van der Waals surface area contributed by atoms with E-state index in [-0.39, 0.29) is 10.7 Å². The summed E-state index contributed by atoms with van der Waals surface area (Å²) in [6, 6.07) is 0. The van der Waals surface area contributed by atoms with Crippen molar-refractivity contribution in [2.45, 2.75) is 6.92 Å². The third kappa shape index (κ3) is 3.98. The Labute approximate surface area is 92.9 Å². The van der Waals surface area contributed by atoms with Gasteiger partial charge in [0.1, 0.15) is 5.17 Å². The minimum absolute atomic E-state index is 0.0960. The first-order valence-corrected chi connectivity index (χ1v) is 5.39. The molecule has 0 N–H and O–H groups in total. The lowest BCUT2D eigenvalue weighted by molar-refractivity contribution is -0.135. The average molecular weight is 234 g/mol. The zero-order valence-corrected chi connectivity index (χ0v) is 9.91. The lowest BCUT2D eigenvalue weighted by Gasteiger charge is -2.02. The highest BCUT2D eigenvalue weighted by Crippen LogP contribution is 2.14. The van der Waals surface area contributed by atoms with E-state index in [0.717, 1.165) is 0 Å². The molecule has 0 unspecified atom stereocenters. The molecule has 0 aromatic heterocycles. The maximum Gasteiger partial charge on any atom is 0.340 e. The third-order valence-corrected chi connectivity index (χ3v) is 2.23. The third-order valence-electron chi connectivity index (χ3n) is 1.37. The molecule has 0 aromatic carbocycles. The number of hydrogen-bond donors (Lipinski definition) is 0. The minimum atomic E-state index is -0.504. The van der Waals surface area contributed by atoms with Gasteiger partial charge in [-0.15, -0.1) is 11.8 Å². The summed E-state index contributed by atoms with van der Waals surface area (Å²) >= 11 is 7.16. The molecule has 0 amide bonds. The van der Waals surface area contributed by atoms with Gasteiger partial charge in [-0.2, -0.15) is 0 Å². The van der Waals surface area contributed by atoms with E-state index in [9.17, 15) is 4.79 Å². The van der Waals surface area contributed by atoms with E-state index >= 15 is 0 Å². The second-order valence-corrected chi connectivity index (χ2v) is 3.43. The molecule has 0 spiro atoms. The van der Waals surface area contributed by atoms with E-state index < -0.39 is 5.97 Å². The molecule has 0 saturated carbocycles. The van der Waals surface area contributed by atoms with Crippen LogP contribution in [0.1, 0.15) is 6.92 Å². The predicted octanol–water partition coefficient (Wildman–Crippen LogP) is 2.58. The lowest BCUT2D eigenvalue weighted by atomic mass is 10.3.